The first-order valence-electron chi connectivity index (χ1n) is 8.57. The molecule has 0 aliphatic heterocycles. The second kappa shape index (κ2) is 9.43. The molecule has 12 heteroatoms. The zero-order valence-corrected chi connectivity index (χ0v) is 17.4. The molecule has 0 saturated carbocycles. The number of hydrogen-bond donors (Lipinski definition) is 2. The Labute approximate surface area is 177 Å². The molecule has 0 bridgehead atoms. The van der Waals surface area contributed by atoms with E-state index in [1.54, 1.807) is 6.20 Å². The van der Waals surface area contributed by atoms with Crippen LogP contribution in [0.5, 0.6) is 0 Å². The Bertz CT molecular complexity index is 1090. The molecular formula is C18H16F2N5O3S2-. The number of rotatable bonds is 7. The van der Waals surface area contributed by atoms with E-state index < -0.39 is 34.8 Å². The first kappa shape index (κ1) is 22.0. The quantitative estimate of drug-likeness (QED) is 0.531. The van der Waals surface area contributed by atoms with E-state index in [2.05, 4.69) is 25.0 Å². The molecule has 2 aromatic heterocycles. The summed E-state index contributed by atoms with van der Waals surface area (Å²) in [4.78, 5) is 25.6. The smallest absolute Gasteiger partial charge is 0.271 e. The van der Waals surface area contributed by atoms with Crippen LogP contribution in [0.1, 0.15) is 43.4 Å². The van der Waals surface area contributed by atoms with Crippen LogP contribution in [0.3, 0.4) is 0 Å². The number of nitrogens with zero attached hydrogens (tertiary/aromatic N) is 3. The van der Waals surface area contributed by atoms with E-state index in [-0.39, 0.29) is 29.2 Å². The third kappa shape index (κ3) is 5.48. The number of carbonyl (C=O) groups excluding carboxylic acids is 1. The molecule has 3 aromatic rings. The van der Waals surface area contributed by atoms with Gasteiger partial charge in [0.2, 0.25) is 0 Å². The van der Waals surface area contributed by atoms with Crippen LogP contribution in [0.15, 0.2) is 30.6 Å². The predicted octanol–water partition coefficient (Wildman–Crippen LogP) is 2.23. The summed E-state index contributed by atoms with van der Waals surface area (Å²) >= 11 is -1.30. The molecule has 158 valence electrons. The summed E-state index contributed by atoms with van der Waals surface area (Å²) < 4.78 is 51.9. The maximum atomic E-state index is 13.6. The van der Waals surface area contributed by atoms with E-state index in [0.29, 0.717) is 6.07 Å². The Morgan fingerprint density at radius 3 is 2.47 bits per heavy atom. The number of amides is 1. The predicted molar refractivity (Wildman–Crippen MR) is 105 cm³/mol. The SMILES string of the molecule is Cc1ncc(CNC(=O)c2cnc(C(NS(=O)[O-])c3cc(F)cc(F)c3)c(C)n2)s1. The Kier molecular flexibility index (Phi) is 6.92. The van der Waals surface area contributed by atoms with Crippen LogP contribution in [0, 0.1) is 25.5 Å². The monoisotopic (exact) mass is 452 g/mol. The van der Waals surface area contributed by atoms with Gasteiger partial charge in [-0.2, -0.15) is 0 Å². The van der Waals surface area contributed by atoms with Crippen LogP contribution in [0.4, 0.5) is 8.78 Å². The summed E-state index contributed by atoms with van der Waals surface area (Å²) in [7, 11) is 0. The summed E-state index contributed by atoms with van der Waals surface area (Å²) in [5, 5.41) is 3.58. The third-order valence-electron chi connectivity index (χ3n) is 4.02. The standard InChI is InChI=1S/C18H17F2N5O3S2/c1-9-16(17(25-30(27)28)11-3-12(19)5-13(20)4-11)22-8-15(24-9)18(26)23-7-14-6-21-10(2)29-14/h3-6,8,17,25H,7H2,1-2H3,(H,23,26)(H,27,28)/p-1. The van der Waals surface area contributed by atoms with Crippen molar-refractivity contribution in [3.05, 3.63) is 74.8 Å². The second-order valence-electron chi connectivity index (χ2n) is 6.24. The van der Waals surface area contributed by atoms with Crippen molar-refractivity contribution >= 4 is 28.5 Å². The number of aryl methyl sites for hydroxylation is 2. The number of aromatic nitrogens is 3. The number of hydrogen-bond acceptors (Lipinski definition) is 7. The van der Waals surface area contributed by atoms with Crippen LogP contribution < -0.4 is 10.0 Å². The van der Waals surface area contributed by atoms with Gasteiger partial charge in [0.05, 0.1) is 35.2 Å². The lowest BCUT2D eigenvalue weighted by Gasteiger charge is -2.21. The molecular weight excluding hydrogens is 436 g/mol. The summed E-state index contributed by atoms with van der Waals surface area (Å²) in [6, 6.07) is 1.47. The highest BCUT2D eigenvalue weighted by molar-refractivity contribution is 7.77. The molecule has 0 radical (unpaired) electrons. The van der Waals surface area contributed by atoms with Crippen LogP contribution >= 0.6 is 11.3 Å². The van der Waals surface area contributed by atoms with Crippen molar-refractivity contribution in [2.75, 3.05) is 0 Å². The lowest BCUT2D eigenvalue weighted by molar-refractivity contribution is 0.0945. The van der Waals surface area contributed by atoms with Gasteiger partial charge in [0.25, 0.3) is 5.91 Å². The Balaban J connectivity index is 1.85. The van der Waals surface area contributed by atoms with Gasteiger partial charge in [-0.05, 0) is 31.5 Å². The Morgan fingerprint density at radius 2 is 1.90 bits per heavy atom. The molecule has 3 rings (SSSR count). The van der Waals surface area contributed by atoms with Gasteiger partial charge < -0.3 is 9.87 Å². The minimum atomic E-state index is -2.75. The molecule has 0 spiro atoms. The molecule has 2 heterocycles. The second-order valence-corrected chi connectivity index (χ2v) is 8.27. The summed E-state index contributed by atoms with van der Waals surface area (Å²) in [6.45, 7) is 3.64. The molecule has 8 nitrogen and oxygen atoms in total. The number of benzene rings is 1. The lowest BCUT2D eigenvalue weighted by Crippen LogP contribution is -2.28. The van der Waals surface area contributed by atoms with Gasteiger partial charge in [0.15, 0.2) is 0 Å². The zero-order chi connectivity index (χ0) is 21.8. The van der Waals surface area contributed by atoms with Crippen LogP contribution in [-0.4, -0.2) is 29.6 Å². The van der Waals surface area contributed by atoms with Crippen molar-refractivity contribution < 1.29 is 22.3 Å². The van der Waals surface area contributed by atoms with Crippen molar-refractivity contribution in [1.29, 1.82) is 0 Å². The van der Waals surface area contributed by atoms with E-state index in [4.69, 9.17) is 0 Å². The molecule has 1 amide bonds. The van der Waals surface area contributed by atoms with Gasteiger partial charge in [0.1, 0.15) is 17.3 Å². The van der Waals surface area contributed by atoms with Gasteiger partial charge in [-0.25, -0.2) is 23.5 Å². The topological polar surface area (TPSA) is 120 Å². The van der Waals surface area contributed by atoms with Gasteiger partial charge in [-0.15, -0.1) is 11.3 Å². The molecule has 30 heavy (non-hydrogen) atoms. The van der Waals surface area contributed by atoms with Crippen molar-refractivity contribution in [2.45, 2.75) is 26.4 Å². The fraction of sp³-hybridized carbons (Fsp3) is 0.222. The normalized spacial score (nSPS) is 13.1. The summed E-state index contributed by atoms with van der Waals surface area (Å²) in [5.41, 5.74) is 0.361. The average molecular weight is 452 g/mol. The van der Waals surface area contributed by atoms with Gasteiger partial charge in [-0.3, -0.25) is 14.0 Å². The van der Waals surface area contributed by atoms with Crippen LogP contribution in [-0.2, 0) is 17.8 Å². The highest BCUT2D eigenvalue weighted by atomic mass is 32.2. The van der Waals surface area contributed by atoms with Crippen molar-refractivity contribution in [2.24, 2.45) is 0 Å². The average Bonchev–Trinajstić information content (AvgIpc) is 3.08. The largest absolute Gasteiger partial charge is 0.760 e. The summed E-state index contributed by atoms with van der Waals surface area (Å²) in [6.07, 6.45) is 2.84. The molecule has 2 unspecified atom stereocenters. The van der Waals surface area contributed by atoms with Crippen LogP contribution in [0.2, 0.25) is 0 Å². The Hall–Kier alpha value is -2.67. The number of halogens is 2. The molecule has 0 aliphatic rings. The first-order valence-corrected chi connectivity index (χ1v) is 10.5. The minimum Gasteiger partial charge on any atom is -0.760 e. The molecule has 2 N–H and O–H groups in total. The van der Waals surface area contributed by atoms with Crippen molar-refractivity contribution in [1.82, 2.24) is 25.0 Å². The van der Waals surface area contributed by atoms with E-state index >= 15 is 0 Å². The van der Waals surface area contributed by atoms with E-state index in [9.17, 15) is 22.3 Å². The lowest BCUT2D eigenvalue weighted by atomic mass is 10.0. The van der Waals surface area contributed by atoms with Gasteiger partial charge in [-0.1, -0.05) is 0 Å². The molecule has 0 saturated heterocycles. The first-order chi connectivity index (χ1) is 14.2. The van der Waals surface area contributed by atoms with Crippen molar-refractivity contribution in [3.8, 4) is 0 Å². The maximum absolute atomic E-state index is 13.6. The minimum absolute atomic E-state index is 0.00636. The van der Waals surface area contributed by atoms with E-state index in [1.165, 1.54) is 24.5 Å². The fourth-order valence-corrected chi connectivity index (χ4v) is 3.92. The van der Waals surface area contributed by atoms with Gasteiger partial charge in [0, 0.05) is 28.4 Å². The number of thiazole rings is 1. The number of nitrogens with one attached hydrogen (secondary N) is 2. The molecule has 2 atom stereocenters. The van der Waals surface area contributed by atoms with Gasteiger partial charge >= 0.3 is 0 Å². The zero-order valence-electron chi connectivity index (χ0n) is 15.8. The highest BCUT2D eigenvalue weighted by Gasteiger charge is 2.22. The third-order valence-corrected chi connectivity index (χ3v) is 5.36. The van der Waals surface area contributed by atoms with E-state index in [1.807, 2.05) is 6.92 Å². The molecule has 1 aromatic carbocycles. The maximum Gasteiger partial charge on any atom is 0.271 e. The fourth-order valence-electron chi connectivity index (χ4n) is 2.75. The highest BCUT2D eigenvalue weighted by Crippen LogP contribution is 2.24. The van der Waals surface area contributed by atoms with Crippen LogP contribution in [0.25, 0.3) is 0 Å². The molecule has 0 fully saturated rings. The Morgan fingerprint density at radius 1 is 1.20 bits per heavy atom. The van der Waals surface area contributed by atoms with E-state index in [0.717, 1.165) is 22.0 Å². The number of carbonyl (C=O) groups is 1. The van der Waals surface area contributed by atoms with Crippen molar-refractivity contribution in [3.63, 3.8) is 0 Å². The summed E-state index contributed by atoms with van der Waals surface area (Å²) in [5.74, 6) is -2.21. The molecule has 0 aliphatic carbocycles.